The predicted molar refractivity (Wildman–Crippen MR) is 91.1 cm³/mol. The summed E-state index contributed by atoms with van der Waals surface area (Å²) in [4.78, 5) is 0. The summed E-state index contributed by atoms with van der Waals surface area (Å²) < 4.78 is 0. The van der Waals surface area contributed by atoms with Gasteiger partial charge in [-0.3, -0.25) is 0 Å². The van der Waals surface area contributed by atoms with Gasteiger partial charge in [-0.2, -0.15) is 0 Å². The molecular formula is C20H34O. The van der Waals surface area contributed by atoms with E-state index in [4.69, 9.17) is 0 Å². The Morgan fingerprint density at radius 1 is 1.43 bits per heavy atom. The van der Waals surface area contributed by atoms with E-state index >= 15 is 0 Å². The van der Waals surface area contributed by atoms with Gasteiger partial charge in [-0.1, -0.05) is 38.5 Å². The largest absolute Gasteiger partial charge is 0.386 e. The van der Waals surface area contributed by atoms with Gasteiger partial charge in [0.15, 0.2) is 0 Å². The molecule has 5 unspecified atom stereocenters. The number of aliphatic hydroxyl groups is 1. The molecule has 0 saturated heterocycles. The summed E-state index contributed by atoms with van der Waals surface area (Å²) in [5.74, 6) is 1.49. The SMILES string of the molecule is C=CC(C)(O)CCC1(C)C(C)CCC2(C)C(C)=CCCC21. The van der Waals surface area contributed by atoms with Crippen molar-refractivity contribution in [3.63, 3.8) is 0 Å². The first-order chi connectivity index (χ1) is 9.66. The van der Waals surface area contributed by atoms with E-state index in [2.05, 4.69) is 40.3 Å². The molecule has 0 heterocycles. The molecule has 0 aromatic rings. The average molecular weight is 290 g/mol. The van der Waals surface area contributed by atoms with Crippen LogP contribution in [0.4, 0.5) is 0 Å². The zero-order valence-corrected chi connectivity index (χ0v) is 14.7. The Kier molecular flexibility index (Phi) is 4.46. The van der Waals surface area contributed by atoms with Gasteiger partial charge in [0.1, 0.15) is 0 Å². The summed E-state index contributed by atoms with van der Waals surface area (Å²) in [6.07, 6.45) is 11.3. The van der Waals surface area contributed by atoms with Gasteiger partial charge in [0, 0.05) is 0 Å². The third kappa shape index (κ3) is 2.86. The molecule has 1 nitrogen and oxygen atoms in total. The van der Waals surface area contributed by atoms with Crippen LogP contribution < -0.4 is 0 Å². The molecule has 5 atom stereocenters. The lowest BCUT2D eigenvalue weighted by atomic mass is 9.47. The van der Waals surface area contributed by atoms with Gasteiger partial charge in [0.05, 0.1) is 5.60 Å². The Labute approximate surface area is 131 Å². The molecule has 0 aliphatic heterocycles. The lowest BCUT2D eigenvalue weighted by Crippen LogP contribution is -2.50. The van der Waals surface area contributed by atoms with Crippen molar-refractivity contribution in [3.8, 4) is 0 Å². The van der Waals surface area contributed by atoms with Gasteiger partial charge >= 0.3 is 0 Å². The first kappa shape index (κ1) is 16.8. The molecule has 2 rings (SSSR count). The predicted octanol–water partition coefficient (Wildman–Crippen LogP) is 5.50. The van der Waals surface area contributed by atoms with Crippen LogP contribution in [0.25, 0.3) is 0 Å². The van der Waals surface area contributed by atoms with Crippen molar-refractivity contribution in [2.75, 3.05) is 0 Å². The fourth-order valence-electron chi connectivity index (χ4n) is 4.96. The van der Waals surface area contributed by atoms with E-state index in [1.165, 1.54) is 25.7 Å². The lowest BCUT2D eigenvalue weighted by Gasteiger charge is -2.58. The van der Waals surface area contributed by atoms with Gasteiger partial charge in [0.2, 0.25) is 0 Å². The minimum Gasteiger partial charge on any atom is -0.386 e. The van der Waals surface area contributed by atoms with Crippen molar-refractivity contribution in [1.82, 2.24) is 0 Å². The van der Waals surface area contributed by atoms with Crippen molar-refractivity contribution in [1.29, 1.82) is 0 Å². The van der Waals surface area contributed by atoms with Crippen molar-refractivity contribution in [3.05, 3.63) is 24.3 Å². The Bertz CT molecular complexity index is 433. The summed E-state index contributed by atoms with van der Waals surface area (Å²) in [7, 11) is 0. The highest BCUT2D eigenvalue weighted by atomic mass is 16.3. The van der Waals surface area contributed by atoms with E-state index < -0.39 is 5.60 Å². The number of allylic oxidation sites excluding steroid dienone is 2. The summed E-state index contributed by atoms with van der Waals surface area (Å²) in [6.45, 7) is 15.4. The first-order valence-electron chi connectivity index (χ1n) is 8.69. The van der Waals surface area contributed by atoms with Gasteiger partial charge in [-0.05, 0) is 75.0 Å². The number of hydrogen-bond donors (Lipinski definition) is 1. The summed E-state index contributed by atoms with van der Waals surface area (Å²) >= 11 is 0. The first-order valence-corrected chi connectivity index (χ1v) is 8.69. The van der Waals surface area contributed by atoms with Gasteiger partial charge in [-0.25, -0.2) is 0 Å². The molecule has 21 heavy (non-hydrogen) atoms. The molecule has 1 N–H and O–H groups in total. The average Bonchev–Trinajstić information content (AvgIpc) is 2.44. The Morgan fingerprint density at radius 2 is 2.10 bits per heavy atom. The second kappa shape index (κ2) is 5.57. The maximum absolute atomic E-state index is 10.3. The fourth-order valence-corrected chi connectivity index (χ4v) is 4.96. The molecule has 2 aliphatic rings. The van der Waals surface area contributed by atoms with Crippen LogP contribution in [-0.4, -0.2) is 10.7 Å². The highest BCUT2D eigenvalue weighted by Gasteiger charge is 2.53. The molecular weight excluding hydrogens is 256 g/mol. The Balaban J connectivity index is 2.27. The number of fused-ring (bicyclic) bond motifs is 1. The topological polar surface area (TPSA) is 20.2 Å². The van der Waals surface area contributed by atoms with E-state index in [9.17, 15) is 5.11 Å². The van der Waals surface area contributed by atoms with Crippen molar-refractivity contribution in [2.24, 2.45) is 22.7 Å². The molecule has 0 spiro atoms. The molecule has 0 bridgehead atoms. The van der Waals surface area contributed by atoms with Crippen LogP contribution >= 0.6 is 0 Å². The maximum Gasteiger partial charge on any atom is 0.0797 e. The second-order valence-corrected chi connectivity index (χ2v) is 8.44. The molecule has 120 valence electrons. The van der Waals surface area contributed by atoms with Gasteiger partial charge in [-0.15, -0.1) is 6.58 Å². The Morgan fingerprint density at radius 3 is 2.71 bits per heavy atom. The molecule has 0 radical (unpaired) electrons. The fraction of sp³-hybridized carbons (Fsp3) is 0.800. The third-order valence-electron chi connectivity index (χ3n) is 7.20. The summed E-state index contributed by atoms with van der Waals surface area (Å²) in [5, 5.41) is 10.3. The molecule has 0 aromatic heterocycles. The van der Waals surface area contributed by atoms with Crippen molar-refractivity contribution >= 4 is 0 Å². The van der Waals surface area contributed by atoms with Crippen molar-refractivity contribution < 1.29 is 5.11 Å². The minimum absolute atomic E-state index is 0.329. The second-order valence-electron chi connectivity index (χ2n) is 8.44. The zero-order valence-electron chi connectivity index (χ0n) is 14.7. The molecule has 0 amide bonds. The normalized spacial score (nSPS) is 42.7. The quantitative estimate of drug-likeness (QED) is 0.678. The van der Waals surface area contributed by atoms with E-state index in [1.54, 1.807) is 11.6 Å². The van der Waals surface area contributed by atoms with Crippen LogP contribution in [0.2, 0.25) is 0 Å². The van der Waals surface area contributed by atoms with Gasteiger partial charge in [0.25, 0.3) is 0 Å². The van der Waals surface area contributed by atoms with Crippen LogP contribution in [0.3, 0.4) is 0 Å². The number of rotatable bonds is 4. The molecule has 1 fully saturated rings. The van der Waals surface area contributed by atoms with E-state index in [-0.39, 0.29) is 0 Å². The monoisotopic (exact) mass is 290 g/mol. The standard InChI is InChI=1S/C20H34O/c1-7-18(4,21)13-14-20(6)16(3)11-12-19(5)15(2)9-8-10-17(19)20/h7,9,16-17,21H,1,8,10-14H2,2-6H3. The van der Waals surface area contributed by atoms with Crippen LogP contribution in [0, 0.1) is 22.7 Å². The van der Waals surface area contributed by atoms with Crippen LogP contribution in [0.5, 0.6) is 0 Å². The van der Waals surface area contributed by atoms with Crippen LogP contribution in [-0.2, 0) is 0 Å². The van der Waals surface area contributed by atoms with Crippen LogP contribution in [0.1, 0.15) is 73.1 Å². The zero-order chi connectivity index (χ0) is 15.9. The summed E-state index contributed by atoms with van der Waals surface area (Å²) in [6, 6.07) is 0. The summed E-state index contributed by atoms with van der Waals surface area (Å²) in [5.41, 5.74) is 1.58. The van der Waals surface area contributed by atoms with E-state index in [0.29, 0.717) is 10.8 Å². The number of hydrogen-bond acceptors (Lipinski definition) is 1. The highest BCUT2D eigenvalue weighted by molar-refractivity contribution is 5.20. The smallest absolute Gasteiger partial charge is 0.0797 e. The lowest BCUT2D eigenvalue weighted by molar-refractivity contribution is -0.0582. The molecule has 1 heteroatoms. The van der Waals surface area contributed by atoms with Crippen molar-refractivity contribution in [2.45, 2.75) is 78.7 Å². The molecule has 2 aliphatic carbocycles. The third-order valence-corrected chi connectivity index (χ3v) is 7.20. The highest BCUT2D eigenvalue weighted by Crippen LogP contribution is 2.61. The van der Waals surface area contributed by atoms with E-state index in [0.717, 1.165) is 24.7 Å². The molecule has 1 saturated carbocycles. The minimum atomic E-state index is -0.726. The van der Waals surface area contributed by atoms with Gasteiger partial charge < -0.3 is 5.11 Å². The Hall–Kier alpha value is -0.560. The van der Waals surface area contributed by atoms with E-state index in [1.807, 2.05) is 6.92 Å². The van der Waals surface area contributed by atoms with Crippen LogP contribution in [0.15, 0.2) is 24.3 Å². The molecule has 0 aromatic carbocycles. The maximum atomic E-state index is 10.3.